The van der Waals surface area contributed by atoms with Gasteiger partial charge in [0, 0.05) is 38.5 Å². The zero-order valence-corrected chi connectivity index (χ0v) is 9.32. The Kier molecular flexibility index (Phi) is 5.07. The molecule has 0 unspecified atom stereocenters. The molecule has 0 spiro atoms. The van der Waals surface area contributed by atoms with E-state index in [1.54, 1.807) is 23.8 Å². The van der Waals surface area contributed by atoms with E-state index in [4.69, 9.17) is 4.74 Å². The molecule has 0 radical (unpaired) electrons. The molecule has 0 saturated heterocycles. The van der Waals surface area contributed by atoms with E-state index in [1.165, 1.54) is 0 Å². The van der Waals surface area contributed by atoms with Gasteiger partial charge in [-0.05, 0) is 13.0 Å². The Labute approximate surface area is 89.9 Å². The Morgan fingerprint density at radius 2 is 2.20 bits per heavy atom. The smallest absolute Gasteiger partial charge is 0.250 e. The molecule has 0 aromatic carbocycles. The largest absolute Gasteiger partial charge is 0.383 e. The second-order valence-corrected chi connectivity index (χ2v) is 3.40. The zero-order chi connectivity index (χ0) is 11.1. The summed E-state index contributed by atoms with van der Waals surface area (Å²) < 4.78 is 6.67. The average Bonchev–Trinajstić information content (AvgIpc) is 2.21. The van der Waals surface area contributed by atoms with Crippen LogP contribution in [0.2, 0.25) is 0 Å². The predicted octanol–water partition coefficient (Wildman–Crippen LogP) is 0.393. The van der Waals surface area contributed by atoms with Gasteiger partial charge < -0.3 is 14.6 Å². The first-order valence-corrected chi connectivity index (χ1v) is 5.12. The molecule has 0 atom stereocenters. The van der Waals surface area contributed by atoms with E-state index in [2.05, 4.69) is 5.32 Å². The Bertz CT molecular complexity index is 347. The summed E-state index contributed by atoms with van der Waals surface area (Å²) in [5.41, 5.74) is 1.06. The number of ether oxygens (including phenoxy) is 1. The van der Waals surface area contributed by atoms with Gasteiger partial charge in [-0.15, -0.1) is 0 Å². The number of rotatable bonds is 6. The molecule has 1 aromatic rings. The lowest BCUT2D eigenvalue weighted by molar-refractivity contribution is 0.199. The van der Waals surface area contributed by atoms with Gasteiger partial charge in [0.05, 0.1) is 6.61 Å². The maximum atomic E-state index is 11.5. The van der Waals surface area contributed by atoms with Gasteiger partial charge in [0.1, 0.15) is 0 Å². The van der Waals surface area contributed by atoms with Crippen molar-refractivity contribution in [3.8, 4) is 0 Å². The normalized spacial score (nSPS) is 10.5. The summed E-state index contributed by atoms with van der Waals surface area (Å²) in [5, 5.41) is 3.20. The summed E-state index contributed by atoms with van der Waals surface area (Å²) >= 11 is 0. The molecule has 1 heterocycles. The zero-order valence-electron chi connectivity index (χ0n) is 9.32. The Morgan fingerprint density at radius 1 is 1.40 bits per heavy atom. The van der Waals surface area contributed by atoms with E-state index in [0.717, 1.165) is 18.8 Å². The van der Waals surface area contributed by atoms with Gasteiger partial charge >= 0.3 is 0 Å². The van der Waals surface area contributed by atoms with Crippen molar-refractivity contribution in [2.45, 2.75) is 13.5 Å². The Hall–Kier alpha value is -1.13. The molecule has 15 heavy (non-hydrogen) atoms. The number of hydrogen-bond donors (Lipinski definition) is 1. The first kappa shape index (κ1) is 11.9. The summed E-state index contributed by atoms with van der Waals surface area (Å²) in [6, 6.07) is 5.31. The monoisotopic (exact) mass is 210 g/mol. The molecular weight excluding hydrogens is 192 g/mol. The van der Waals surface area contributed by atoms with E-state index >= 15 is 0 Å². The van der Waals surface area contributed by atoms with E-state index in [0.29, 0.717) is 13.2 Å². The topological polar surface area (TPSA) is 43.3 Å². The average molecular weight is 210 g/mol. The van der Waals surface area contributed by atoms with Gasteiger partial charge in [0.25, 0.3) is 5.56 Å². The number of nitrogens with zero attached hydrogens (tertiary/aromatic N) is 1. The highest BCUT2D eigenvalue weighted by Gasteiger charge is 1.97. The molecule has 1 N–H and O–H groups in total. The van der Waals surface area contributed by atoms with Crippen LogP contribution in [0.15, 0.2) is 23.0 Å². The van der Waals surface area contributed by atoms with E-state index in [-0.39, 0.29) is 5.56 Å². The number of hydrogen-bond acceptors (Lipinski definition) is 3. The van der Waals surface area contributed by atoms with Crippen molar-refractivity contribution in [2.24, 2.45) is 0 Å². The molecule has 0 amide bonds. The fourth-order valence-corrected chi connectivity index (χ4v) is 1.40. The predicted molar refractivity (Wildman–Crippen MR) is 60.2 cm³/mol. The van der Waals surface area contributed by atoms with Crippen molar-refractivity contribution in [3.63, 3.8) is 0 Å². The van der Waals surface area contributed by atoms with Crippen LogP contribution in [0.4, 0.5) is 0 Å². The summed E-state index contributed by atoms with van der Waals surface area (Å²) in [6.45, 7) is 4.94. The third-order valence-corrected chi connectivity index (χ3v) is 2.26. The molecule has 0 aliphatic carbocycles. The standard InChI is InChI=1S/C11H18N2O2/c1-10-4-3-5-11(14)13(10)8-6-12-7-9-15-2/h3-5,12H,6-9H2,1-2H3. The van der Waals surface area contributed by atoms with Crippen molar-refractivity contribution >= 4 is 0 Å². The van der Waals surface area contributed by atoms with Gasteiger partial charge in [0.2, 0.25) is 0 Å². The highest BCUT2D eigenvalue weighted by molar-refractivity contribution is 5.04. The molecule has 0 aliphatic rings. The molecule has 4 nitrogen and oxygen atoms in total. The molecule has 0 fully saturated rings. The third kappa shape index (κ3) is 3.85. The van der Waals surface area contributed by atoms with Gasteiger partial charge in [0.15, 0.2) is 0 Å². The second kappa shape index (κ2) is 6.37. The van der Waals surface area contributed by atoms with Gasteiger partial charge in [-0.3, -0.25) is 4.79 Å². The lowest BCUT2D eigenvalue weighted by Crippen LogP contribution is -2.29. The third-order valence-electron chi connectivity index (χ3n) is 2.26. The highest BCUT2D eigenvalue weighted by Crippen LogP contribution is 1.91. The van der Waals surface area contributed by atoms with Crippen LogP contribution in [0.25, 0.3) is 0 Å². The van der Waals surface area contributed by atoms with Crippen LogP contribution in [-0.2, 0) is 11.3 Å². The first-order valence-electron chi connectivity index (χ1n) is 5.12. The quantitative estimate of drug-likeness (QED) is 0.691. The molecule has 0 saturated carbocycles. The SMILES string of the molecule is COCCNCCn1c(C)cccc1=O. The maximum Gasteiger partial charge on any atom is 0.250 e. The summed E-state index contributed by atoms with van der Waals surface area (Å²) in [5.74, 6) is 0. The number of aromatic nitrogens is 1. The molecule has 0 aliphatic heterocycles. The van der Waals surface area contributed by atoms with E-state index < -0.39 is 0 Å². The Morgan fingerprint density at radius 3 is 2.87 bits per heavy atom. The van der Waals surface area contributed by atoms with Gasteiger partial charge in [-0.25, -0.2) is 0 Å². The fourth-order valence-electron chi connectivity index (χ4n) is 1.40. The number of aryl methyl sites for hydroxylation is 1. The van der Waals surface area contributed by atoms with Crippen LogP contribution in [0, 0.1) is 6.92 Å². The summed E-state index contributed by atoms with van der Waals surface area (Å²) in [6.07, 6.45) is 0. The van der Waals surface area contributed by atoms with Crippen LogP contribution in [0.5, 0.6) is 0 Å². The number of nitrogens with one attached hydrogen (secondary N) is 1. The van der Waals surface area contributed by atoms with Crippen molar-refractivity contribution in [1.29, 1.82) is 0 Å². The number of pyridine rings is 1. The van der Waals surface area contributed by atoms with Gasteiger partial charge in [-0.2, -0.15) is 0 Å². The van der Waals surface area contributed by atoms with E-state index in [9.17, 15) is 4.79 Å². The molecule has 1 rings (SSSR count). The fraction of sp³-hybridized carbons (Fsp3) is 0.545. The number of methoxy groups -OCH3 is 1. The van der Waals surface area contributed by atoms with Crippen molar-refractivity contribution in [2.75, 3.05) is 26.8 Å². The second-order valence-electron chi connectivity index (χ2n) is 3.40. The maximum absolute atomic E-state index is 11.5. The van der Waals surface area contributed by atoms with Crippen LogP contribution < -0.4 is 10.9 Å². The van der Waals surface area contributed by atoms with Crippen LogP contribution >= 0.6 is 0 Å². The molecular formula is C11H18N2O2. The van der Waals surface area contributed by atoms with Crippen LogP contribution in [0.1, 0.15) is 5.69 Å². The van der Waals surface area contributed by atoms with Crippen molar-refractivity contribution < 1.29 is 4.74 Å². The molecule has 4 heteroatoms. The van der Waals surface area contributed by atoms with Crippen molar-refractivity contribution in [1.82, 2.24) is 9.88 Å². The van der Waals surface area contributed by atoms with Gasteiger partial charge in [-0.1, -0.05) is 6.07 Å². The summed E-state index contributed by atoms with van der Waals surface area (Å²) in [4.78, 5) is 11.5. The first-order chi connectivity index (χ1) is 7.25. The van der Waals surface area contributed by atoms with Crippen LogP contribution in [-0.4, -0.2) is 31.4 Å². The Balaban J connectivity index is 2.40. The van der Waals surface area contributed by atoms with Crippen molar-refractivity contribution in [3.05, 3.63) is 34.2 Å². The minimum absolute atomic E-state index is 0.0588. The molecule has 0 bridgehead atoms. The van der Waals surface area contributed by atoms with E-state index in [1.807, 2.05) is 13.0 Å². The molecule has 1 aromatic heterocycles. The lowest BCUT2D eigenvalue weighted by atomic mass is 10.3. The lowest BCUT2D eigenvalue weighted by Gasteiger charge is -2.09. The molecule has 84 valence electrons. The minimum atomic E-state index is 0.0588. The van der Waals surface area contributed by atoms with Crippen LogP contribution in [0.3, 0.4) is 0 Å². The minimum Gasteiger partial charge on any atom is -0.383 e. The summed E-state index contributed by atoms with van der Waals surface area (Å²) in [7, 11) is 1.67. The highest BCUT2D eigenvalue weighted by atomic mass is 16.5.